The van der Waals surface area contributed by atoms with Crippen LogP contribution in [-0.2, 0) is 6.54 Å². The van der Waals surface area contributed by atoms with Gasteiger partial charge in [0.05, 0.1) is 6.10 Å². The molecule has 2 nitrogen and oxygen atoms in total. The smallest absolute Gasteiger partial charge is 0.127 e. The summed E-state index contributed by atoms with van der Waals surface area (Å²) in [6, 6.07) is 5.26. The van der Waals surface area contributed by atoms with Crippen LogP contribution < -0.4 is 10.1 Å². The molecule has 0 aliphatic rings. The average Bonchev–Trinajstić information content (AvgIpc) is 2.25. The number of hydrogen-bond donors (Lipinski definition) is 1. The summed E-state index contributed by atoms with van der Waals surface area (Å²) in [5.74, 6) is 0.367. The van der Waals surface area contributed by atoms with Gasteiger partial charge >= 0.3 is 0 Å². The summed E-state index contributed by atoms with van der Waals surface area (Å²) in [6.07, 6.45) is 1.03. The van der Waals surface area contributed by atoms with Gasteiger partial charge in [0.2, 0.25) is 0 Å². The molecule has 96 valence electrons. The zero-order chi connectivity index (χ0) is 12.8. The van der Waals surface area contributed by atoms with Crippen molar-refractivity contribution in [1.82, 2.24) is 5.32 Å². The maximum atomic E-state index is 13.4. The Balaban J connectivity index is 2.72. The third-order valence-electron chi connectivity index (χ3n) is 2.56. The second kappa shape index (κ2) is 6.60. The summed E-state index contributed by atoms with van der Waals surface area (Å²) in [5.41, 5.74) is 0.914. The average molecular weight is 239 g/mol. The molecule has 3 heteroatoms. The van der Waals surface area contributed by atoms with Crippen molar-refractivity contribution in [1.29, 1.82) is 0 Å². The van der Waals surface area contributed by atoms with Gasteiger partial charge in [-0.05, 0) is 31.0 Å². The fourth-order valence-corrected chi connectivity index (χ4v) is 1.43. The fraction of sp³-hybridized carbons (Fsp3) is 0.571. The van der Waals surface area contributed by atoms with Crippen molar-refractivity contribution in [3.05, 3.63) is 29.6 Å². The molecule has 0 aliphatic carbocycles. The molecule has 17 heavy (non-hydrogen) atoms. The van der Waals surface area contributed by atoms with E-state index in [0.717, 1.165) is 12.0 Å². The number of halogens is 1. The molecule has 0 amide bonds. The first-order valence-corrected chi connectivity index (χ1v) is 6.20. The highest BCUT2D eigenvalue weighted by molar-refractivity contribution is 5.29. The van der Waals surface area contributed by atoms with Crippen LogP contribution in [0.5, 0.6) is 5.75 Å². The van der Waals surface area contributed by atoms with E-state index in [0.29, 0.717) is 18.3 Å². The Bertz CT molecular complexity index is 352. The van der Waals surface area contributed by atoms with Crippen molar-refractivity contribution in [3.63, 3.8) is 0 Å². The summed E-state index contributed by atoms with van der Waals surface area (Å²) < 4.78 is 19.0. The van der Waals surface area contributed by atoms with Crippen LogP contribution >= 0.6 is 0 Å². The van der Waals surface area contributed by atoms with E-state index in [1.807, 2.05) is 19.9 Å². The predicted molar refractivity (Wildman–Crippen MR) is 68.8 cm³/mol. The second-order valence-electron chi connectivity index (χ2n) is 4.67. The van der Waals surface area contributed by atoms with E-state index in [9.17, 15) is 4.39 Å². The molecule has 1 atom stereocenters. The van der Waals surface area contributed by atoms with Crippen LogP contribution in [0.1, 0.15) is 39.7 Å². The molecule has 0 radical (unpaired) electrons. The van der Waals surface area contributed by atoms with E-state index >= 15 is 0 Å². The van der Waals surface area contributed by atoms with Gasteiger partial charge in [0.25, 0.3) is 0 Å². The molecule has 0 bridgehead atoms. The van der Waals surface area contributed by atoms with Crippen molar-refractivity contribution in [2.75, 3.05) is 0 Å². The monoisotopic (exact) mass is 239 g/mol. The van der Waals surface area contributed by atoms with Gasteiger partial charge < -0.3 is 10.1 Å². The predicted octanol–water partition coefficient (Wildman–Crippen LogP) is 3.50. The molecule has 0 saturated carbocycles. The molecule has 0 spiro atoms. The first-order chi connectivity index (χ1) is 8.01. The largest absolute Gasteiger partial charge is 0.491 e. The van der Waals surface area contributed by atoms with Crippen molar-refractivity contribution in [3.8, 4) is 5.75 Å². The summed E-state index contributed by atoms with van der Waals surface area (Å²) in [4.78, 5) is 0. The van der Waals surface area contributed by atoms with Crippen molar-refractivity contribution in [2.24, 2.45) is 0 Å². The minimum atomic E-state index is -0.244. The van der Waals surface area contributed by atoms with Gasteiger partial charge in [-0.2, -0.15) is 0 Å². The maximum absolute atomic E-state index is 13.4. The SMILES string of the molecule is CCC(C)Oc1cc(F)cc(CNC(C)C)c1. The minimum absolute atomic E-state index is 0.114. The molecule has 0 saturated heterocycles. The normalized spacial score (nSPS) is 12.8. The van der Waals surface area contributed by atoms with Crippen LogP contribution in [-0.4, -0.2) is 12.1 Å². The number of rotatable bonds is 6. The van der Waals surface area contributed by atoms with Gasteiger partial charge in [0.15, 0.2) is 0 Å². The number of benzene rings is 1. The van der Waals surface area contributed by atoms with Gasteiger partial charge in [-0.15, -0.1) is 0 Å². The van der Waals surface area contributed by atoms with Crippen molar-refractivity contribution < 1.29 is 9.13 Å². The topological polar surface area (TPSA) is 21.3 Å². The van der Waals surface area contributed by atoms with E-state index in [1.54, 1.807) is 6.07 Å². The Morgan fingerprint density at radius 1 is 1.24 bits per heavy atom. The number of ether oxygens (including phenoxy) is 1. The lowest BCUT2D eigenvalue weighted by Gasteiger charge is -2.14. The van der Waals surface area contributed by atoms with Crippen molar-refractivity contribution >= 4 is 0 Å². The van der Waals surface area contributed by atoms with Gasteiger partial charge in [-0.1, -0.05) is 20.8 Å². The minimum Gasteiger partial charge on any atom is -0.491 e. The molecule has 0 heterocycles. The Kier molecular flexibility index (Phi) is 5.42. The van der Waals surface area contributed by atoms with Crippen LogP contribution in [0.3, 0.4) is 0 Å². The molecular formula is C14H22FNO. The number of nitrogens with one attached hydrogen (secondary N) is 1. The Morgan fingerprint density at radius 2 is 1.94 bits per heavy atom. The van der Waals surface area contributed by atoms with Crippen LogP contribution in [0.2, 0.25) is 0 Å². The van der Waals surface area contributed by atoms with E-state index in [-0.39, 0.29) is 11.9 Å². The van der Waals surface area contributed by atoms with Gasteiger partial charge in [0, 0.05) is 18.7 Å². The Hall–Kier alpha value is -1.09. The highest BCUT2D eigenvalue weighted by atomic mass is 19.1. The molecule has 0 aromatic heterocycles. The van der Waals surface area contributed by atoms with Gasteiger partial charge in [-0.3, -0.25) is 0 Å². The van der Waals surface area contributed by atoms with Crippen LogP contribution in [0, 0.1) is 5.82 Å². The van der Waals surface area contributed by atoms with E-state index < -0.39 is 0 Å². The van der Waals surface area contributed by atoms with Gasteiger partial charge in [-0.25, -0.2) is 4.39 Å². The summed E-state index contributed by atoms with van der Waals surface area (Å²) in [7, 11) is 0. The van der Waals surface area contributed by atoms with Crippen LogP contribution in [0.15, 0.2) is 18.2 Å². The molecule has 1 aromatic carbocycles. The first kappa shape index (κ1) is 14.0. The van der Waals surface area contributed by atoms with E-state index in [2.05, 4.69) is 19.2 Å². The quantitative estimate of drug-likeness (QED) is 0.820. The van der Waals surface area contributed by atoms with Crippen LogP contribution in [0.4, 0.5) is 4.39 Å². The molecular weight excluding hydrogens is 217 g/mol. The lowest BCUT2D eigenvalue weighted by molar-refractivity contribution is 0.216. The Morgan fingerprint density at radius 3 is 2.53 bits per heavy atom. The zero-order valence-electron chi connectivity index (χ0n) is 11.1. The zero-order valence-corrected chi connectivity index (χ0v) is 11.1. The van der Waals surface area contributed by atoms with E-state index in [1.165, 1.54) is 6.07 Å². The molecule has 1 N–H and O–H groups in total. The standard InChI is InChI=1S/C14H22FNO/c1-5-11(4)17-14-7-12(6-13(15)8-14)9-16-10(2)3/h6-8,10-11,16H,5,9H2,1-4H3. The summed E-state index contributed by atoms with van der Waals surface area (Å²) >= 11 is 0. The Labute approximate surface area is 103 Å². The van der Waals surface area contributed by atoms with Crippen molar-refractivity contribution in [2.45, 2.75) is 52.8 Å². The first-order valence-electron chi connectivity index (χ1n) is 6.20. The maximum Gasteiger partial charge on any atom is 0.127 e. The van der Waals surface area contributed by atoms with Gasteiger partial charge in [0.1, 0.15) is 11.6 Å². The lowest BCUT2D eigenvalue weighted by Crippen LogP contribution is -2.22. The summed E-state index contributed by atoms with van der Waals surface area (Å²) in [6.45, 7) is 8.82. The third-order valence-corrected chi connectivity index (χ3v) is 2.56. The number of hydrogen-bond acceptors (Lipinski definition) is 2. The third kappa shape index (κ3) is 5.18. The lowest BCUT2D eigenvalue weighted by atomic mass is 10.2. The molecule has 1 unspecified atom stereocenters. The fourth-order valence-electron chi connectivity index (χ4n) is 1.43. The second-order valence-corrected chi connectivity index (χ2v) is 4.67. The van der Waals surface area contributed by atoms with Crippen LogP contribution in [0.25, 0.3) is 0 Å². The molecule has 1 aromatic rings. The van der Waals surface area contributed by atoms with E-state index in [4.69, 9.17) is 4.74 Å². The highest BCUT2D eigenvalue weighted by Crippen LogP contribution is 2.18. The molecule has 0 fully saturated rings. The molecule has 0 aliphatic heterocycles. The highest BCUT2D eigenvalue weighted by Gasteiger charge is 2.05. The molecule has 1 rings (SSSR count). The summed E-state index contributed by atoms with van der Waals surface area (Å²) in [5, 5.41) is 3.26.